The lowest BCUT2D eigenvalue weighted by Crippen LogP contribution is -2.49. The van der Waals surface area contributed by atoms with Crippen LogP contribution in [0.3, 0.4) is 0 Å². The van der Waals surface area contributed by atoms with Crippen LogP contribution >= 0.6 is 0 Å². The van der Waals surface area contributed by atoms with Crippen LogP contribution in [0.25, 0.3) is 11.3 Å². The molecule has 2 aliphatic rings. The molecule has 2 fully saturated rings. The minimum absolute atomic E-state index is 0.00869. The molecule has 2 aliphatic heterocycles. The van der Waals surface area contributed by atoms with Gasteiger partial charge >= 0.3 is 0 Å². The molecule has 3 N–H and O–H groups in total. The highest BCUT2D eigenvalue weighted by molar-refractivity contribution is 5.57. The Hall–Kier alpha value is -1.80. The highest BCUT2D eigenvalue weighted by Crippen LogP contribution is 2.25. The topological polar surface area (TPSA) is 79.6 Å². The molecular weight excluding hydrogens is 361 g/mol. The number of nitrogens with zero attached hydrogens (tertiary/aromatic N) is 1. The van der Waals surface area contributed by atoms with E-state index in [2.05, 4.69) is 15.8 Å². The average Bonchev–Trinajstić information content (AvgIpc) is 3.18. The molecule has 3 heterocycles. The number of halogens is 1. The third-order valence-electron chi connectivity index (χ3n) is 5.65. The number of ether oxygens (including phenoxy) is 1. The second-order valence-corrected chi connectivity index (χ2v) is 7.77. The summed E-state index contributed by atoms with van der Waals surface area (Å²) >= 11 is 0. The van der Waals surface area contributed by atoms with Gasteiger partial charge in [-0.25, -0.2) is 4.39 Å². The van der Waals surface area contributed by atoms with Crippen LogP contribution in [-0.4, -0.2) is 54.3 Å². The Labute approximate surface area is 164 Å². The largest absolute Gasteiger partial charge is 0.390 e. The monoisotopic (exact) mass is 389 g/mol. The van der Waals surface area contributed by atoms with E-state index in [0.29, 0.717) is 24.8 Å². The summed E-state index contributed by atoms with van der Waals surface area (Å²) < 4.78 is 24.7. The van der Waals surface area contributed by atoms with Crippen LogP contribution in [0.2, 0.25) is 0 Å². The fourth-order valence-corrected chi connectivity index (χ4v) is 3.98. The van der Waals surface area contributed by atoms with Crippen LogP contribution in [0.5, 0.6) is 0 Å². The summed E-state index contributed by atoms with van der Waals surface area (Å²) in [7, 11) is 0. The Bertz CT molecular complexity index is 746. The highest BCUT2D eigenvalue weighted by atomic mass is 19.1. The van der Waals surface area contributed by atoms with Gasteiger partial charge in [0.15, 0.2) is 5.76 Å². The Balaban J connectivity index is 1.31. The standard InChI is InChI=1S/C21H28FN3O3/c22-15-3-1-14(2-4-15)20-12-17(25-28-20)11-18-5-6-19(26)21(27-18)13-24-16-7-9-23-10-8-16/h1-4,12,16,18-19,21,23-24,26H,5-11,13H2. The van der Waals surface area contributed by atoms with Gasteiger partial charge in [0.2, 0.25) is 0 Å². The third-order valence-corrected chi connectivity index (χ3v) is 5.65. The van der Waals surface area contributed by atoms with Crippen molar-refractivity contribution in [1.29, 1.82) is 0 Å². The molecule has 7 heteroatoms. The first-order chi connectivity index (χ1) is 13.7. The second kappa shape index (κ2) is 9.13. The number of piperidine rings is 1. The van der Waals surface area contributed by atoms with Crippen LogP contribution < -0.4 is 10.6 Å². The summed E-state index contributed by atoms with van der Waals surface area (Å²) in [5.74, 6) is 0.344. The van der Waals surface area contributed by atoms with Crippen LogP contribution in [-0.2, 0) is 11.2 Å². The molecule has 2 aromatic rings. The van der Waals surface area contributed by atoms with Crippen molar-refractivity contribution in [3.63, 3.8) is 0 Å². The molecule has 6 nitrogen and oxygen atoms in total. The van der Waals surface area contributed by atoms with E-state index in [1.807, 2.05) is 6.07 Å². The summed E-state index contributed by atoms with van der Waals surface area (Å²) in [5.41, 5.74) is 1.61. The normalized spacial score (nSPS) is 26.4. The van der Waals surface area contributed by atoms with Gasteiger partial charge in [-0.1, -0.05) is 5.16 Å². The van der Waals surface area contributed by atoms with Gasteiger partial charge in [-0.05, 0) is 63.0 Å². The number of aliphatic hydroxyl groups excluding tert-OH is 1. The lowest BCUT2D eigenvalue weighted by molar-refractivity contribution is -0.115. The number of hydrogen-bond donors (Lipinski definition) is 3. The minimum atomic E-state index is -0.433. The van der Waals surface area contributed by atoms with Gasteiger partial charge in [-0.2, -0.15) is 0 Å². The smallest absolute Gasteiger partial charge is 0.167 e. The predicted molar refractivity (Wildman–Crippen MR) is 103 cm³/mol. The maximum absolute atomic E-state index is 13.1. The first-order valence-electron chi connectivity index (χ1n) is 10.2. The van der Waals surface area contributed by atoms with Crippen molar-refractivity contribution in [1.82, 2.24) is 15.8 Å². The van der Waals surface area contributed by atoms with E-state index >= 15 is 0 Å². The van der Waals surface area contributed by atoms with Crippen molar-refractivity contribution >= 4 is 0 Å². The van der Waals surface area contributed by atoms with E-state index in [1.165, 1.54) is 12.1 Å². The summed E-state index contributed by atoms with van der Waals surface area (Å²) in [6.07, 6.45) is 3.76. The van der Waals surface area contributed by atoms with Crippen LogP contribution in [0.4, 0.5) is 4.39 Å². The number of aromatic nitrogens is 1. The maximum atomic E-state index is 13.1. The lowest BCUT2D eigenvalue weighted by atomic mass is 9.97. The molecule has 1 aromatic heterocycles. The van der Waals surface area contributed by atoms with Gasteiger partial charge in [-0.15, -0.1) is 0 Å². The van der Waals surface area contributed by atoms with Crippen molar-refractivity contribution in [2.45, 2.75) is 56.5 Å². The molecular formula is C21H28FN3O3. The minimum Gasteiger partial charge on any atom is -0.390 e. The Kier molecular flexibility index (Phi) is 6.36. The summed E-state index contributed by atoms with van der Waals surface area (Å²) in [5, 5.41) is 21.4. The van der Waals surface area contributed by atoms with E-state index in [4.69, 9.17) is 9.26 Å². The molecule has 0 spiro atoms. The van der Waals surface area contributed by atoms with E-state index in [-0.39, 0.29) is 18.0 Å². The highest BCUT2D eigenvalue weighted by Gasteiger charge is 2.31. The average molecular weight is 389 g/mol. The molecule has 0 bridgehead atoms. The Morgan fingerprint density at radius 3 is 2.71 bits per heavy atom. The molecule has 152 valence electrons. The van der Waals surface area contributed by atoms with Crippen molar-refractivity contribution in [2.24, 2.45) is 0 Å². The number of hydrogen-bond acceptors (Lipinski definition) is 6. The quantitative estimate of drug-likeness (QED) is 0.703. The zero-order valence-corrected chi connectivity index (χ0v) is 15.9. The van der Waals surface area contributed by atoms with Crippen molar-refractivity contribution in [3.05, 3.63) is 41.8 Å². The van der Waals surface area contributed by atoms with Gasteiger partial charge in [0.05, 0.1) is 24.0 Å². The SMILES string of the molecule is OC1CCC(Cc2cc(-c3ccc(F)cc3)on2)OC1CNC1CCNCC1. The molecule has 4 rings (SSSR count). The fraction of sp³-hybridized carbons (Fsp3) is 0.571. The molecule has 0 radical (unpaired) electrons. The molecule has 3 atom stereocenters. The van der Waals surface area contributed by atoms with E-state index < -0.39 is 6.10 Å². The number of aliphatic hydroxyl groups is 1. The number of benzene rings is 1. The first-order valence-corrected chi connectivity index (χ1v) is 10.2. The van der Waals surface area contributed by atoms with Crippen LogP contribution in [0.15, 0.2) is 34.9 Å². The molecule has 2 saturated heterocycles. The molecule has 0 aliphatic carbocycles. The lowest BCUT2D eigenvalue weighted by Gasteiger charge is -2.35. The maximum Gasteiger partial charge on any atom is 0.167 e. The molecule has 1 aromatic carbocycles. The summed E-state index contributed by atoms with van der Waals surface area (Å²) in [6.45, 7) is 2.75. The zero-order valence-electron chi connectivity index (χ0n) is 15.9. The number of rotatable bonds is 6. The molecule has 28 heavy (non-hydrogen) atoms. The third kappa shape index (κ3) is 4.97. The summed E-state index contributed by atoms with van der Waals surface area (Å²) in [6, 6.07) is 8.53. The molecule has 0 saturated carbocycles. The van der Waals surface area contributed by atoms with E-state index in [1.54, 1.807) is 12.1 Å². The predicted octanol–water partition coefficient (Wildman–Crippen LogP) is 2.27. The summed E-state index contributed by atoms with van der Waals surface area (Å²) in [4.78, 5) is 0. The van der Waals surface area contributed by atoms with Gasteiger partial charge in [0.1, 0.15) is 5.82 Å². The van der Waals surface area contributed by atoms with Crippen molar-refractivity contribution in [3.8, 4) is 11.3 Å². The fourth-order valence-electron chi connectivity index (χ4n) is 3.98. The Morgan fingerprint density at radius 1 is 1.14 bits per heavy atom. The van der Waals surface area contributed by atoms with Gasteiger partial charge in [0.25, 0.3) is 0 Å². The van der Waals surface area contributed by atoms with Gasteiger partial charge in [-0.3, -0.25) is 0 Å². The second-order valence-electron chi connectivity index (χ2n) is 7.77. The van der Waals surface area contributed by atoms with E-state index in [9.17, 15) is 9.50 Å². The molecule has 3 unspecified atom stereocenters. The van der Waals surface area contributed by atoms with Crippen molar-refractivity contribution in [2.75, 3.05) is 19.6 Å². The Morgan fingerprint density at radius 2 is 1.93 bits per heavy atom. The van der Waals surface area contributed by atoms with Crippen molar-refractivity contribution < 1.29 is 18.8 Å². The number of nitrogens with one attached hydrogen (secondary N) is 2. The zero-order chi connectivity index (χ0) is 19.3. The first kappa shape index (κ1) is 19.5. The van der Waals surface area contributed by atoms with E-state index in [0.717, 1.165) is 50.0 Å². The molecule has 0 amide bonds. The van der Waals surface area contributed by atoms with Crippen LogP contribution in [0, 0.1) is 5.82 Å². The van der Waals surface area contributed by atoms with Crippen LogP contribution in [0.1, 0.15) is 31.4 Å². The van der Waals surface area contributed by atoms with Gasteiger partial charge < -0.3 is 25.0 Å². The van der Waals surface area contributed by atoms with Gasteiger partial charge in [0, 0.05) is 30.6 Å².